The van der Waals surface area contributed by atoms with E-state index < -0.39 is 9.05 Å². The first kappa shape index (κ1) is 22.5. The van der Waals surface area contributed by atoms with Crippen LogP contribution in [0, 0.1) is 0 Å². The molecule has 0 aromatic rings. The molecule has 0 amide bonds. The molecule has 0 unspecified atom stereocenters. The summed E-state index contributed by atoms with van der Waals surface area (Å²) in [5.74, 6) is 0. The van der Waals surface area contributed by atoms with Crippen LogP contribution in [0.5, 0.6) is 0 Å². The van der Waals surface area contributed by atoms with Gasteiger partial charge in [-0.25, -0.2) is 0 Å². The second-order valence-electron chi connectivity index (χ2n) is 0.408. The van der Waals surface area contributed by atoms with Crippen LogP contribution < -0.4 is 59.1 Å². The van der Waals surface area contributed by atoms with Gasteiger partial charge < -0.3 is 9.11 Å². The molecule has 0 fully saturated rings. The summed E-state index contributed by atoms with van der Waals surface area (Å²) in [6, 6.07) is 0. The quantitative estimate of drug-likeness (QED) is 0.224. The van der Waals surface area contributed by atoms with Crippen molar-refractivity contribution in [3.8, 4) is 0 Å². The minimum absolute atomic E-state index is 0. The average Bonchev–Trinajstić information content (AvgIpc) is 1.36. The zero-order chi connectivity index (χ0) is 6.50. The molecule has 46 valence electrons. The van der Waals surface area contributed by atoms with Gasteiger partial charge in [0.2, 0.25) is 0 Å². The van der Waals surface area contributed by atoms with Crippen molar-refractivity contribution >= 4 is 20.2 Å². The van der Waals surface area contributed by atoms with Gasteiger partial charge in [0.25, 0.3) is 0 Å². The van der Waals surface area contributed by atoms with Gasteiger partial charge in [-0.05, 0) is 11.2 Å². The Morgan fingerprint density at radius 3 is 1.22 bits per heavy atom. The third-order valence-electron chi connectivity index (χ3n) is 0. The molecule has 0 saturated carbocycles. The van der Waals surface area contributed by atoms with Crippen molar-refractivity contribution in [2.24, 2.45) is 0 Å². The van der Waals surface area contributed by atoms with Crippen molar-refractivity contribution in [1.29, 1.82) is 0 Å². The van der Waals surface area contributed by atoms with Crippen LogP contribution in [0.25, 0.3) is 0 Å². The zero-order valence-electron chi connectivity index (χ0n) is 4.94. The van der Waals surface area contributed by atoms with Gasteiger partial charge in [0.05, 0.1) is 0 Å². The molecule has 0 aliphatic rings. The predicted molar refractivity (Wildman–Crippen MR) is 22.3 cm³/mol. The van der Waals surface area contributed by atoms with E-state index in [9.17, 15) is 0 Å². The molecule has 9 heavy (non-hydrogen) atoms. The topological polar surface area (TPSA) is 104 Å². The minimum Gasteiger partial charge on any atom is -0.780 e. The molecule has 0 aromatic heterocycles. The molecule has 0 spiro atoms. The van der Waals surface area contributed by atoms with Crippen LogP contribution in [0.15, 0.2) is 0 Å². The minimum atomic E-state index is -4.33. The number of hydrogen-bond acceptors (Lipinski definition) is 6. The fraction of sp³-hybridized carbons (Fsp3) is 0. The van der Waals surface area contributed by atoms with E-state index in [0.717, 1.165) is 0 Å². The van der Waals surface area contributed by atoms with E-state index in [1.54, 1.807) is 0 Å². The normalized spacial score (nSPS) is 7.11. The standard InChI is InChI=1S/2Na.H2O3S2.H2O2/c;;1-5(2,3)4;1-2/h;;(H2,1,2,3,4);1-2H/q2*+1;;/p-2. The second-order valence-corrected chi connectivity index (χ2v) is 2.45. The summed E-state index contributed by atoms with van der Waals surface area (Å²) in [5, 5.41) is 12.0. The van der Waals surface area contributed by atoms with Crippen molar-refractivity contribution in [3.05, 3.63) is 0 Å². The molecule has 5 nitrogen and oxygen atoms in total. The van der Waals surface area contributed by atoms with Crippen LogP contribution in [-0.4, -0.2) is 23.8 Å². The maximum Gasteiger partial charge on any atom is 1.00 e. The Morgan fingerprint density at radius 1 is 1.22 bits per heavy atom. The van der Waals surface area contributed by atoms with Crippen LogP contribution in [-0.2, 0) is 20.2 Å². The molecule has 0 bridgehead atoms. The smallest absolute Gasteiger partial charge is 0.780 e. The summed E-state index contributed by atoms with van der Waals surface area (Å²) in [6.45, 7) is 0. The SMILES string of the molecule is O=S([O-])([O-])=S.OO.[Na+].[Na+]. The number of rotatable bonds is 0. The van der Waals surface area contributed by atoms with Crippen molar-refractivity contribution in [2.45, 2.75) is 0 Å². The molecule has 0 aliphatic carbocycles. The zero-order valence-corrected chi connectivity index (χ0v) is 10.6. The summed E-state index contributed by atoms with van der Waals surface area (Å²) >= 11 is 3.24. The molecule has 0 radical (unpaired) electrons. The fourth-order valence-electron chi connectivity index (χ4n) is 0. The Balaban J connectivity index is -0.0000000286. The second kappa shape index (κ2) is 12.8. The molecule has 0 aliphatic heterocycles. The van der Waals surface area contributed by atoms with Crippen LogP contribution in [0.2, 0.25) is 0 Å². The summed E-state index contributed by atoms with van der Waals surface area (Å²) < 4.78 is 26.7. The molecular formula is H2Na2O5S2. The van der Waals surface area contributed by atoms with Gasteiger partial charge in [-0.15, -0.1) is 9.05 Å². The Bertz CT molecular complexity index is 96.1. The Labute approximate surface area is 102 Å². The molecule has 0 heterocycles. The third-order valence-corrected chi connectivity index (χ3v) is 0. The Morgan fingerprint density at radius 2 is 1.22 bits per heavy atom. The summed E-state index contributed by atoms with van der Waals surface area (Å²) in [6.07, 6.45) is 0. The van der Waals surface area contributed by atoms with Crippen molar-refractivity contribution < 1.29 is 82.9 Å². The predicted octanol–water partition coefficient (Wildman–Crippen LogP) is -6.98. The van der Waals surface area contributed by atoms with E-state index in [2.05, 4.69) is 11.2 Å². The van der Waals surface area contributed by atoms with Crippen LogP contribution in [0.3, 0.4) is 0 Å². The van der Waals surface area contributed by atoms with Crippen molar-refractivity contribution in [2.75, 3.05) is 0 Å². The first-order chi connectivity index (χ1) is 3.00. The molecule has 0 saturated heterocycles. The van der Waals surface area contributed by atoms with E-state index in [0.29, 0.717) is 0 Å². The summed E-state index contributed by atoms with van der Waals surface area (Å²) in [4.78, 5) is 0. The van der Waals surface area contributed by atoms with Gasteiger partial charge in [0.15, 0.2) is 0 Å². The fourth-order valence-corrected chi connectivity index (χ4v) is 0. The molecule has 0 rings (SSSR count). The maximum atomic E-state index is 8.89. The van der Waals surface area contributed by atoms with E-state index >= 15 is 0 Å². The van der Waals surface area contributed by atoms with Crippen LogP contribution >= 0.6 is 0 Å². The summed E-state index contributed by atoms with van der Waals surface area (Å²) in [5.41, 5.74) is 0. The van der Waals surface area contributed by atoms with Crippen molar-refractivity contribution in [1.82, 2.24) is 0 Å². The van der Waals surface area contributed by atoms with E-state index in [1.165, 1.54) is 0 Å². The van der Waals surface area contributed by atoms with E-state index in [-0.39, 0.29) is 59.1 Å². The van der Waals surface area contributed by atoms with Gasteiger partial charge in [0, 0.05) is 0 Å². The molecule has 9 heteroatoms. The molecule has 0 atom stereocenters. The van der Waals surface area contributed by atoms with Gasteiger partial charge in [0.1, 0.15) is 0 Å². The van der Waals surface area contributed by atoms with E-state index in [4.69, 9.17) is 23.8 Å². The van der Waals surface area contributed by atoms with Gasteiger partial charge in [-0.1, -0.05) is 0 Å². The van der Waals surface area contributed by atoms with Crippen molar-refractivity contribution in [3.63, 3.8) is 0 Å². The van der Waals surface area contributed by atoms with E-state index in [1.807, 2.05) is 0 Å². The van der Waals surface area contributed by atoms with Crippen LogP contribution in [0.1, 0.15) is 0 Å². The Hall–Kier alpha value is 2.21. The Kier molecular flexibility index (Phi) is 32.1. The summed E-state index contributed by atoms with van der Waals surface area (Å²) in [7, 11) is -4.33. The van der Waals surface area contributed by atoms with Gasteiger partial charge >= 0.3 is 59.1 Å². The van der Waals surface area contributed by atoms with Gasteiger partial charge in [-0.2, -0.15) is 0 Å². The molecular weight excluding hydrogens is 190 g/mol. The maximum absolute atomic E-state index is 8.89. The largest absolute Gasteiger partial charge is 1.00 e. The number of hydrogen-bond donors (Lipinski definition) is 2. The van der Waals surface area contributed by atoms with Crippen LogP contribution in [0.4, 0.5) is 0 Å². The average molecular weight is 192 g/mol. The first-order valence-electron chi connectivity index (χ1n) is 0.867. The monoisotopic (exact) mass is 192 g/mol. The van der Waals surface area contributed by atoms with Gasteiger partial charge in [-0.3, -0.25) is 14.7 Å². The first-order valence-corrected chi connectivity index (χ1v) is 3.20. The third kappa shape index (κ3) is 141. The molecule has 2 N–H and O–H groups in total. The molecule has 0 aromatic carbocycles.